The van der Waals surface area contributed by atoms with Gasteiger partial charge in [0.1, 0.15) is 0 Å². The Morgan fingerprint density at radius 1 is 1.00 bits per heavy atom. The fourth-order valence-corrected chi connectivity index (χ4v) is 3.58. The van der Waals surface area contributed by atoms with E-state index >= 15 is 0 Å². The molecule has 0 fully saturated rings. The van der Waals surface area contributed by atoms with E-state index in [9.17, 15) is 14.4 Å². The summed E-state index contributed by atoms with van der Waals surface area (Å²) in [6, 6.07) is 14.4. The molecule has 7 nitrogen and oxygen atoms in total. The van der Waals surface area contributed by atoms with Gasteiger partial charge in [-0.05, 0) is 54.1 Å². The van der Waals surface area contributed by atoms with Crippen LogP contribution in [0.15, 0.2) is 54.6 Å². The minimum Gasteiger partial charge on any atom is -0.465 e. The highest BCUT2D eigenvalue weighted by molar-refractivity contribution is 7.17. The zero-order valence-corrected chi connectivity index (χ0v) is 17.5. The number of carbonyl (C=O) groups is 3. The van der Waals surface area contributed by atoms with Crippen molar-refractivity contribution >= 4 is 52.1 Å². The van der Waals surface area contributed by atoms with E-state index in [1.165, 1.54) is 24.5 Å². The van der Waals surface area contributed by atoms with Gasteiger partial charge in [-0.3, -0.25) is 9.59 Å². The predicted octanol–water partition coefficient (Wildman–Crippen LogP) is 3.95. The highest BCUT2D eigenvalue weighted by Gasteiger charge is 2.15. The molecule has 3 aromatic rings. The molecule has 0 bridgehead atoms. The molecule has 9 heteroatoms. The lowest BCUT2D eigenvalue weighted by atomic mass is 10.1. The lowest BCUT2D eigenvalue weighted by molar-refractivity contribution is 0.0600. The summed E-state index contributed by atoms with van der Waals surface area (Å²) in [4.78, 5) is 37.3. The van der Waals surface area contributed by atoms with Crippen molar-refractivity contribution in [1.82, 2.24) is 5.32 Å². The summed E-state index contributed by atoms with van der Waals surface area (Å²) >= 11 is 7.04. The summed E-state index contributed by atoms with van der Waals surface area (Å²) in [5.74, 6) is -1.21. The van der Waals surface area contributed by atoms with Crippen LogP contribution in [0.1, 0.15) is 36.0 Å². The van der Waals surface area contributed by atoms with Crippen LogP contribution in [0.2, 0.25) is 4.34 Å². The first kappa shape index (κ1) is 21.4. The first-order valence-electron chi connectivity index (χ1n) is 8.79. The van der Waals surface area contributed by atoms with E-state index in [2.05, 4.69) is 10.6 Å². The Kier molecular flexibility index (Phi) is 6.71. The number of nitrogens with one attached hydrogen (secondary N) is 2. The molecule has 1 aromatic heterocycles. The van der Waals surface area contributed by atoms with E-state index in [0.29, 0.717) is 31.7 Å². The number of hydrogen-bond donors (Lipinski definition) is 3. The Morgan fingerprint density at radius 3 is 2.33 bits per heavy atom. The molecular weight excluding hydrogens is 426 g/mol. The number of hydrogen-bond acceptors (Lipinski definition) is 6. The smallest absolute Gasteiger partial charge is 0.337 e. The average Bonchev–Trinajstić information content (AvgIpc) is 3.18. The normalized spacial score (nSPS) is 10.3. The van der Waals surface area contributed by atoms with E-state index in [-0.39, 0.29) is 23.9 Å². The van der Waals surface area contributed by atoms with Gasteiger partial charge in [-0.15, -0.1) is 11.3 Å². The number of anilines is 2. The lowest BCUT2D eigenvalue weighted by Gasteiger charge is -2.13. The summed E-state index contributed by atoms with van der Waals surface area (Å²) in [6.45, 7) is 0.132. The molecule has 0 aliphatic heterocycles. The fourth-order valence-electron chi connectivity index (χ4n) is 2.62. The molecule has 0 radical (unpaired) electrons. The first-order chi connectivity index (χ1) is 14.4. The summed E-state index contributed by atoms with van der Waals surface area (Å²) in [7, 11) is 1.27. The van der Waals surface area contributed by atoms with Gasteiger partial charge in [0.25, 0.3) is 11.8 Å². The molecule has 0 unspecified atom stereocenters. The summed E-state index contributed by atoms with van der Waals surface area (Å²) in [5, 5.41) is 5.56. The van der Waals surface area contributed by atoms with E-state index in [1.807, 2.05) is 0 Å². The predicted molar refractivity (Wildman–Crippen MR) is 117 cm³/mol. The van der Waals surface area contributed by atoms with Crippen LogP contribution in [0.3, 0.4) is 0 Å². The van der Waals surface area contributed by atoms with Gasteiger partial charge in [-0.1, -0.05) is 17.7 Å². The number of rotatable bonds is 6. The van der Waals surface area contributed by atoms with Crippen LogP contribution in [-0.4, -0.2) is 24.9 Å². The molecule has 0 spiro atoms. The number of esters is 1. The number of amides is 2. The molecule has 0 saturated heterocycles. The van der Waals surface area contributed by atoms with E-state index in [0.717, 1.165) is 0 Å². The highest BCUT2D eigenvalue weighted by Crippen LogP contribution is 2.23. The number of halogens is 1. The Hall–Kier alpha value is -3.36. The molecule has 30 heavy (non-hydrogen) atoms. The van der Waals surface area contributed by atoms with Crippen molar-refractivity contribution in [3.63, 3.8) is 0 Å². The van der Waals surface area contributed by atoms with Gasteiger partial charge >= 0.3 is 5.97 Å². The quantitative estimate of drug-likeness (QED) is 0.394. The molecule has 0 saturated carbocycles. The van der Waals surface area contributed by atoms with Gasteiger partial charge in [-0.25, -0.2) is 4.79 Å². The number of carbonyl (C=O) groups excluding carboxylic acids is 3. The van der Waals surface area contributed by atoms with Gasteiger partial charge < -0.3 is 21.1 Å². The maximum absolute atomic E-state index is 12.6. The van der Waals surface area contributed by atoms with Gasteiger partial charge in [0.15, 0.2) is 0 Å². The van der Waals surface area contributed by atoms with Crippen LogP contribution in [0.25, 0.3) is 0 Å². The van der Waals surface area contributed by atoms with Gasteiger partial charge in [-0.2, -0.15) is 0 Å². The van der Waals surface area contributed by atoms with Crippen molar-refractivity contribution in [3.05, 3.63) is 80.5 Å². The largest absolute Gasteiger partial charge is 0.465 e. The summed E-state index contributed by atoms with van der Waals surface area (Å²) in [5.41, 5.74) is 7.86. The number of thiophene rings is 1. The molecule has 2 amide bonds. The highest BCUT2D eigenvalue weighted by atomic mass is 35.5. The molecule has 3 rings (SSSR count). The Labute approximate surface area is 181 Å². The van der Waals surface area contributed by atoms with E-state index in [4.69, 9.17) is 22.1 Å². The third-order valence-corrected chi connectivity index (χ3v) is 5.42. The second-order valence-electron chi connectivity index (χ2n) is 6.23. The molecule has 0 atom stereocenters. The zero-order valence-electron chi connectivity index (χ0n) is 15.9. The Bertz CT molecular complexity index is 1100. The molecule has 1 heterocycles. The van der Waals surface area contributed by atoms with Crippen LogP contribution < -0.4 is 16.4 Å². The van der Waals surface area contributed by atoms with Gasteiger partial charge in [0, 0.05) is 23.5 Å². The van der Waals surface area contributed by atoms with Crippen molar-refractivity contribution in [2.45, 2.75) is 6.54 Å². The minimum absolute atomic E-state index is 0.132. The number of benzene rings is 2. The maximum Gasteiger partial charge on any atom is 0.337 e. The van der Waals surface area contributed by atoms with Crippen molar-refractivity contribution in [2.75, 3.05) is 18.2 Å². The van der Waals surface area contributed by atoms with Gasteiger partial charge in [0.2, 0.25) is 0 Å². The zero-order chi connectivity index (χ0) is 21.7. The van der Waals surface area contributed by atoms with E-state index in [1.54, 1.807) is 48.5 Å². The first-order valence-corrected chi connectivity index (χ1v) is 9.98. The third-order valence-electron chi connectivity index (χ3n) is 4.19. The number of methoxy groups -OCH3 is 1. The second-order valence-corrected chi connectivity index (χ2v) is 7.94. The number of nitrogen functional groups attached to an aromatic ring is 1. The minimum atomic E-state index is -0.540. The van der Waals surface area contributed by atoms with Gasteiger partial charge in [0.05, 0.1) is 21.9 Å². The van der Waals surface area contributed by atoms with Crippen molar-refractivity contribution in [1.29, 1.82) is 0 Å². The summed E-state index contributed by atoms with van der Waals surface area (Å²) < 4.78 is 5.26. The topological polar surface area (TPSA) is 111 Å². The van der Waals surface area contributed by atoms with Crippen molar-refractivity contribution in [2.24, 2.45) is 0 Å². The van der Waals surface area contributed by atoms with Crippen LogP contribution in [-0.2, 0) is 11.3 Å². The average molecular weight is 444 g/mol. The molecule has 0 aliphatic carbocycles. The van der Waals surface area contributed by atoms with Crippen molar-refractivity contribution in [3.8, 4) is 0 Å². The Balaban J connectivity index is 1.82. The van der Waals surface area contributed by atoms with Crippen LogP contribution >= 0.6 is 22.9 Å². The standard InChI is InChI=1S/C21H18ClN3O4S/c1-29-21(28)13-2-3-14(11-24-20(27)17-8-9-18(22)30-17)16(10-13)25-19(26)12-4-6-15(23)7-5-12/h2-10H,11,23H2,1H3,(H,24,27)(H,25,26). The molecule has 154 valence electrons. The monoisotopic (exact) mass is 443 g/mol. The number of ether oxygens (including phenoxy) is 1. The van der Waals surface area contributed by atoms with Crippen LogP contribution in [0.4, 0.5) is 11.4 Å². The molecule has 4 N–H and O–H groups in total. The van der Waals surface area contributed by atoms with Crippen molar-refractivity contribution < 1.29 is 19.1 Å². The van der Waals surface area contributed by atoms with E-state index < -0.39 is 5.97 Å². The molecule has 0 aliphatic rings. The summed E-state index contributed by atoms with van der Waals surface area (Å²) in [6.07, 6.45) is 0. The Morgan fingerprint density at radius 2 is 1.70 bits per heavy atom. The molecular formula is C21H18ClN3O4S. The van der Waals surface area contributed by atoms with Crippen LogP contribution in [0, 0.1) is 0 Å². The number of nitrogens with two attached hydrogens (primary N) is 1. The van der Waals surface area contributed by atoms with Crippen LogP contribution in [0.5, 0.6) is 0 Å². The second kappa shape index (κ2) is 9.43. The third kappa shape index (κ3) is 5.16. The lowest BCUT2D eigenvalue weighted by Crippen LogP contribution is -2.23. The molecule has 2 aromatic carbocycles. The fraction of sp³-hybridized carbons (Fsp3) is 0.0952. The maximum atomic E-state index is 12.6. The SMILES string of the molecule is COC(=O)c1ccc(CNC(=O)c2ccc(Cl)s2)c(NC(=O)c2ccc(N)cc2)c1.